The zero-order valence-electron chi connectivity index (χ0n) is 3.26. The second-order valence-electron chi connectivity index (χ2n) is 0.862. The molecule has 0 aromatic heterocycles. The van der Waals surface area contributed by atoms with Crippen LogP contribution in [0.3, 0.4) is 0 Å². The first-order valence-corrected chi connectivity index (χ1v) is 1.51. The van der Waals surface area contributed by atoms with E-state index in [9.17, 15) is 0 Å². The van der Waals surface area contributed by atoms with Crippen molar-refractivity contribution in [1.29, 1.82) is 0 Å². The van der Waals surface area contributed by atoms with E-state index in [4.69, 9.17) is 15.9 Å². The van der Waals surface area contributed by atoms with Crippen LogP contribution >= 0.6 is 0 Å². The summed E-state index contributed by atoms with van der Waals surface area (Å²) in [6.45, 7) is -0.281. The molecule has 6 heavy (non-hydrogen) atoms. The van der Waals surface area contributed by atoms with E-state index in [1.165, 1.54) is 0 Å². The minimum atomic E-state index is -0.281. The van der Waals surface area contributed by atoms with Crippen LogP contribution in [0.5, 0.6) is 0 Å². The summed E-state index contributed by atoms with van der Waals surface area (Å²) in [5.41, 5.74) is 4.91. The maximum atomic E-state index is 7.98. The quantitative estimate of drug-likeness (QED) is 0.373. The highest BCUT2D eigenvalue weighted by atomic mass is 16.3. The lowest BCUT2D eigenvalue weighted by molar-refractivity contribution is 0.322. The van der Waals surface area contributed by atoms with Crippen molar-refractivity contribution < 1.29 is 10.2 Å². The van der Waals surface area contributed by atoms with Gasteiger partial charge < -0.3 is 15.9 Å². The molecule has 0 fully saturated rings. The van der Waals surface area contributed by atoms with E-state index < -0.39 is 0 Å². The molecule has 0 aliphatic rings. The van der Waals surface area contributed by atoms with Gasteiger partial charge in [0.2, 0.25) is 0 Å². The number of nitrogens with two attached hydrogens (primary N) is 1. The molecule has 0 radical (unpaired) electrons. The second kappa shape index (κ2) is 2.53. The molecule has 0 bridgehead atoms. The van der Waals surface area contributed by atoms with Crippen LogP contribution in [0.25, 0.3) is 0 Å². The molecular formula is C3H7NO2. The van der Waals surface area contributed by atoms with Crippen LogP contribution in [0.2, 0.25) is 0 Å². The van der Waals surface area contributed by atoms with Crippen LogP contribution in [-0.4, -0.2) is 16.8 Å². The van der Waals surface area contributed by atoms with Crippen LogP contribution in [-0.2, 0) is 0 Å². The third-order valence-electron chi connectivity index (χ3n) is 0.348. The van der Waals surface area contributed by atoms with E-state index in [0.29, 0.717) is 6.26 Å². The Kier molecular flexibility index (Phi) is 2.24. The molecule has 0 saturated carbocycles. The Morgan fingerprint density at radius 2 is 2.33 bits per heavy atom. The summed E-state index contributed by atoms with van der Waals surface area (Å²) < 4.78 is 0. The molecule has 0 atom stereocenters. The maximum Gasteiger partial charge on any atom is 0.100 e. The van der Waals surface area contributed by atoms with Crippen LogP contribution in [0.1, 0.15) is 0 Å². The van der Waals surface area contributed by atoms with Gasteiger partial charge in [-0.3, -0.25) is 0 Å². The molecule has 0 aliphatic heterocycles. The fraction of sp³-hybridized carbons (Fsp3) is 0.333. The van der Waals surface area contributed by atoms with E-state index in [2.05, 4.69) is 0 Å². The predicted molar refractivity (Wildman–Crippen MR) is 22.0 cm³/mol. The van der Waals surface area contributed by atoms with Crippen molar-refractivity contribution in [2.45, 2.75) is 0 Å². The third-order valence-corrected chi connectivity index (χ3v) is 0.348. The van der Waals surface area contributed by atoms with Crippen molar-refractivity contribution in [3.63, 3.8) is 0 Å². The molecule has 0 aromatic rings. The summed E-state index contributed by atoms with van der Waals surface area (Å²) in [5, 5.41) is 15.9. The average molecular weight is 89.1 g/mol. The lowest BCUT2D eigenvalue weighted by Gasteiger charge is -1.84. The Labute approximate surface area is 35.7 Å². The highest BCUT2D eigenvalue weighted by Gasteiger charge is 1.77. The van der Waals surface area contributed by atoms with Gasteiger partial charge in [-0.2, -0.15) is 0 Å². The molecule has 0 unspecified atom stereocenters. The fourth-order valence-electron chi connectivity index (χ4n) is 0.0408. The van der Waals surface area contributed by atoms with Crippen molar-refractivity contribution in [2.24, 2.45) is 5.73 Å². The Bertz CT molecular complexity index is 59.8. The van der Waals surface area contributed by atoms with Gasteiger partial charge in [-0.05, 0) is 0 Å². The molecule has 0 rings (SSSR count). The average Bonchev–Trinajstić information content (AvgIpc) is 1.65. The minimum absolute atomic E-state index is 0.0787. The molecule has 3 heteroatoms. The van der Waals surface area contributed by atoms with E-state index in [0.717, 1.165) is 0 Å². The van der Waals surface area contributed by atoms with Gasteiger partial charge in [0.05, 0.1) is 12.3 Å². The lowest BCUT2D eigenvalue weighted by Crippen LogP contribution is -2.00. The second-order valence-corrected chi connectivity index (χ2v) is 0.862. The van der Waals surface area contributed by atoms with Crippen molar-refractivity contribution in [3.05, 3.63) is 12.0 Å². The highest BCUT2D eigenvalue weighted by Crippen LogP contribution is 1.71. The highest BCUT2D eigenvalue weighted by molar-refractivity contribution is 4.88. The largest absolute Gasteiger partial charge is 0.514 e. The zero-order chi connectivity index (χ0) is 4.99. The summed E-state index contributed by atoms with van der Waals surface area (Å²) in [4.78, 5) is 0. The van der Waals surface area contributed by atoms with Crippen molar-refractivity contribution in [2.75, 3.05) is 6.61 Å². The number of rotatable bonds is 1. The molecule has 0 saturated heterocycles. The Morgan fingerprint density at radius 3 is 2.33 bits per heavy atom. The first-order chi connectivity index (χ1) is 2.81. The van der Waals surface area contributed by atoms with Crippen LogP contribution in [0, 0.1) is 0 Å². The van der Waals surface area contributed by atoms with Gasteiger partial charge in [-0.25, -0.2) is 0 Å². The molecular weight excluding hydrogens is 82.0 g/mol. The number of hydrogen-bond donors (Lipinski definition) is 3. The normalized spacial score (nSPS) is 11.8. The van der Waals surface area contributed by atoms with E-state index >= 15 is 0 Å². The molecule has 0 aliphatic carbocycles. The summed E-state index contributed by atoms with van der Waals surface area (Å²) >= 11 is 0. The van der Waals surface area contributed by atoms with Crippen LogP contribution < -0.4 is 5.73 Å². The molecule has 0 heterocycles. The smallest absolute Gasteiger partial charge is 0.100 e. The molecule has 3 nitrogen and oxygen atoms in total. The van der Waals surface area contributed by atoms with E-state index in [1.807, 2.05) is 0 Å². The van der Waals surface area contributed by atoms with Gasteiger partial charge in [0, 0.05) is 0 Å². The molecule has 0 aromatic carbocycles. The number of aliphatic hydroxyl groups is 2. The molecule has 0 amide bonds. The van der Waals surface area contributed by atoms with Gasteiger partial charge in [0.1, 0.15) is 6.26 Å². The van der Waals surface area contributed by atoms with Crippen molar-refractivity contribution in [1.82, 2.24) is 0 Å². The number of hydrogen-bond acceptors (Lipinski definition) is 3. The van der Waals surface area contributed by atoms with Crippen molar-refractivity contribution >= 4 is 0 Å². The zero-order valence-corrected chi connectivity index (χ0v) is 3.26. The lowest BCUT2D eigenvalue weighted by atomic mass is 10.5. The SMILES string of the molecule is N/C(=C\O)CO. The third kappa shape index (κ3) is 1.60. The molecule has 4 N–H and O–H groups in total. The monoisotopic (exact) mass is 89.0 g/mol. The van der Waals surface area contributed by atoms with E-state index in [1.54, 1.807) is 0 Å². The minimum Gasteiger partial charge on any atom is -0.514 e. The van der Waals surface area contributed by atoms with Crippen molar-refractivity contribution in [3.8, 4) is 0 Å². The Balaban J connectivity index is 3.22. The summed E-state index contributed by atoms with van der Waals surface area (Å²) in [7, 11) is 0. The summed E-state index contributed by atoms with van der Waals surface area (Å²) in [5.74, 6) is 0. The van der Waals surface area contributed by atoms with Gasteiger partial charge in [-0.1, -0.05) is 0 Å². The van der Waals surface area contributed by atoms with Gasteiger partial charge in [-0.15, -0.1) is 0 Å². The van der Waals surface area contributed by atoms with Gasteiger partial charge in [0.15, 0.2) is 0 Å². The molecule has 36 valence electrons. The first kappa shape index (κ1) is 5.30. The topological polar surface area (TPSA) is 66.5 Å². The fourth-order valence-corrected chi connectivity index (χ4v) is 0.0408. The Hall–Kier alpha value is -0.700. The van der Waals surface area contributed by atoms with Gasteiger partial charge in [0.25, 0.3) is 0 Å². The van der Waals surface area contributed by atoms with Gasteiger partial charge >= 0.3 is 0 Å². The van der Waals surface area contributed by atoms with E-state index in [-0.39, 0.29) is 12.3 Å². The Morgan fingerprint density at radius 1 is 1.83 bits per heavy atom. The van der Waals surface area contributed by atoms with Crippen LogP contribution in [0.4, 0.5) is 0 Å². The van der Waals surface area contributed by atoms with Crippen LogP contribution in [0.15, 0.2) is 12.0 Å². The standard InChI is InChI=1S/C3H7NO2/c4-3(1-5)2-6/h1,5-6H,2,4H2/b3-1-. The summed E-state index contributed by atoms with van der Waals surface area (Å²) in [6, 6.07) is 0. The maximum absolute atomic E-state index is 7.98. The number of aliphatic hydroxyl groups excluding tert-OH is 2. The molecule has 0 spiro atoms. The predicted octanol–water partition coefficient (Wildman–Crippen LogP) is -0.663. The first-order valence-electron chi connectivity index (χ1n) is 1.51. The summed E-state index contributed by atoms with van der Waals surface area (Å²) in [6.07, 6.45) is 0.667.